The summed E-state index contributed by atoms with van der Waals surface area (Å²) in [6.07, 6.45) is 5.59. The van der Waals surface area contributed by atoms with Gasteiger partial charge in [-0.25, -0.2) is 4.79 Å². The lowest BCUT2D eigenvalue weighted by atomic mass is 9.88. The van der Waals surface area contributed by atoms with Crippen molar-refractivity contribution in [2.75, 3.05) is 0 Å². The zero-order chi connectivity index (χ0) is 17.2. The van der Waals surface area contributed by atoms with Crippen LogP contribution in [0, 0.1) is 0 Å². The van der Waals surface area contributed by atoms with Crippen LogP contribution in [0.1, 0.15) is 66.2 Å². The Morgan fingerprint density at radius 1 is 1.17 bits per heavy atom. The van der Waals surface area contributed by atoms with Crippen LogP contribution in [0.5, 0.6) is 0 Å². The van der Waals surface area contributed by atoms with Gasteiger partial charge < -0.3 is 20.7 Å². The Kier molecular flexibility index (Phi) is 5.55. The number of ether oxygens (including phenoxy) is 1. The maximum atomic E-state index is 12.5. The Morgan fingerprint density at radius 2 is 1.78 bits per heavy atom. The van der Waals surface area contributed by atoms with E-state index in [9.17, 15) is 9.59 Å². The molecule has 0 heterocycles. The second kappa shape index (κ2) is 7.07. The molecule has 6 nitrogen and oxygen atoms in total. The summed E-state index contributed by atoms with van der Waals surface area (Å²) in [5.74, 6) is -0.00427. The van der Waals surface area contributed by atoms with Crippen molar-refractivity contribution in [3.8, 4) is 0 Å². The molecular weight excluding hydrogens is 294 g/mol. The number of alkyl carbamates (subject to hydrolysis) is 1. The van der Waals surface area contributed by atoms with Crippen LogP contribution in [0.3, 0.4) is 0 Å². The number of hydrogen-bond donors (Lipinski definition) is 2. The minimum atomic E-state index is -0.522. The maximum absolute atomic E-state index is 12.5. The fourth-order valence-electron chi connectivity index (χ4n) is 3.27. The third kappa shape index (κ3) is 5.09. The van der Waals surface area contributed by atoms with E-state index in [-0.39, 0.29) is 18.0 Å². The molecule has 0 aromatic carbocycles. The highest BCUT2D eigenvalue weighted by atomic mass is 16.6. The Balaban J connectivity index is 2.07. The zero-order valence-corrected chi connectivity index (χ0v) is 14.8. The van der Waals surface area contributed by atoms with Gasteiger partial charge in [-0.15, -0.1) is 0 Å². The van der Waals surface area contributed by atoms with E-state index in [1.807, 2.05) is 25.7 Å². The molecule has 0 spiro atoms. The summed E-state index contributed by atoms with van der Waals surface area (Å²) in [6, 6.07) is -0.233. The Hall–Kier alpha value is -1.30. The molecule has 0 aromatic rings. The first-order chi connectivity index (χ1) is 10.7. The highest BCUT2D eigenvalue weighted by Gasteiger charge is 2.42. The van der Waals surface area contributed by atoms with Crippen molar-refractivity contribution in [1.82, 2.24) is 10.2 Å². The topological polar surface area (TPSA) is 84.7 Å². The number of nitrogens with two attached hydrogens (primary N) is 1. The molecule has 0 aliphatic heterocycles. The molecule has 2 aliphatic rings. The summed E-state index contributed by atoms with van der Waals surface area (Å²) in [4.78, 5) is 26.6. The van der Waals surface area contributed by atoms with Gasteiger partial charge in [0.05, 0.1) is 18.1 Å². The quantitative estimate of drug-likeness (QED) is 0.829. The van der Waals surface area contributed by atoms with E-state index in [0.29, 0.717) is 6.04 Å². The third-order valence-electron chi connectivity index (χ3n) is 4.37. The molecule has 2 amide bonds. The standard InChI is InChI=1S/C17H31N3O3/c1-11(18)15(21)20(12-9-10-12)14-8-6-5-7-13(14)19-16(22)23-17(2,3)4/h11-14H,5-10,18H2,1-4H3,(H,19,22)/t11-,13-,14-/m0/s1. The van der Waals surface area contributed by atoms with Gasteiger partial charge in [-0.1, -0.05) is 12.8 Å². The summed E-state index contributed by atoms with van der Waals surface area (Å²) in [5, 5.41) is 2.99. The summed E-state index contributed by atoms with van der Waals surface area (Å²) in [5.41, 5.74) is 5.31. The van der Waals surface area contributed by atoms with Crippen molar-refractivity contribution >= 4 is 12.0 Å². The van der Waals surface area contributed by atoms with Crippen molar-refractivity contribution in [3.05, 3.63) is 0 Å². The van der Waals surface area contributed by atoms with Crippen molar-refractivity contribution in [2.45, 2.75) is 96.0 Å². The summed E-state index contributed by atoms with van der Waals surface area (Å²) < 4.78 is 5.37. The second-order valence-electron chi connectivity index (χ2n) is 7.87. The predicted molar refractivity (Wildman–Crippen MR) is 88.9 cm³/mol. The van der Waals surface area contributed by atoms with Crippen molar-refractivity contribution in [3.63, 3.8) is 0 Å². The fourth-order valence-corrected chi connectivity index (χ4v) is 3.27. The van der Waals surface area contributed by atoms with Gasteiger partial charge in [0.25, 0.3) is 0 Å². The number of rotatable bonds is 4. The fraction of sp³-hybridized carbons (Fsp3) is 0.882. The zero-order valence-electron chi connectivity index (χ0n) is 14.8. The van der Waals surface area contributed by atoms with Gasteiger partial charge >= 0.3 is 6.09 Å². The molecule has 0 bridgehead atoms. The van der Waals surface area contributed by atoms with E-state index in [0.717, 1.165) is 38.5 Å². The molecule has 2 fully saturated rings. The molecule has 0 aromatic heterocycles. The van der Waals surface area contributed by atoms with Crippen LogP contribution in [-0.2, 0) is 9.53 Å². The average molecular weight is 325 g/mol. The highest BCUT2D eigenvalue weighted by molar-refractivity contribution is 5.82. The number of nitrogens with one attached hydrogen (secondary N) is 1. The first kappa shape index (κ1) is 18.0. The van der Waals surface area contributed by atoms with Gasteiger partial charge in [-0.05, 0) is 53.4 Å². The van der Waals surface area contributed by atoms with Crippen LogP contribution >= 0.6 is 0 Å². The van der Waals surface area contributed by atoms with Gasteiger partial charge in [-0.3, -0.25) is 4.79 Å². The molecule has 2 aliphatic carbocycles. The minimum Gasteiger partial charge on any atom is -0.444 e. The average Bonchev–Trinajstić information content (AvgIpc) is 3.23. The summed E-state index contributed by atoms with van der Waals surface area (Å²) >= 11 is 0. The van der Waals surface area contributed by atoms with E-state index >= 15 is 0 Å². The molecule has 0 saturated heterocycles. The molecule has 2 saturated carbocycles. The van der Waals surface area contributed by atoms with Crippen molar-refractivity contribution in [2.24, 2.45) is 5.73 Å². The third-order valence-corrected chi connectivity index (χ3v) is 4.37. The predicted octanol–water partition coefficient (Wildman–Crippen LogP) is 2.16. The number of amides is 2. The normalized spacial score (nSPS) is 26.3. The molecule has 2 rings (SSSR count). The van der Waals surface area contributed by atoms with Crippen molar-refractivity contribution < 1.29 is 14.3 Å². The lowest BCUT2D eigenvalue weighted by Gasteiger charge is -2.41. The largest absolute Gasteiger partial charge is 0.444 e. The molecular formula is C17H31N3O3. The molecule has 0 unspecified atom stereocenters. The molecule has 3 atom stereocenters. The molecule has 6 heteroatoms. The Morgan fingerprint density at radius 3 is 2.30 bits per heavy atom. The summed E-state index contributed by atoms with van der Waals surface area (Å²) in [6.45, 7) is 7.28. The van der Waals surface area contributed by atoms with Crippen LogP contribution in [0.15, 0.2) is 0 Å². The number of carbonyl (C=O) groups is 2. The van der Waals surface area contributed by atoms with Gasteiger partial charge in [0, 0.05) is 6.04 Å². The molecule has 0 radical (unpaired) electrons. The van der Waals surface area contributed by atoms with E-state index in [1.165, 1.54) is 0 Å². The smallest absolute Gasteiger partial charge is 0.407 e. The van der Waals surface area contributed by atoms with Gasteiger partial charge in [-0.2, -0.15) is 0 Å². The highest BCUT2D eigenvalue weighted by Crippen LogP contribution is 2.34. The molecule has 132 valence electrons. The van der Waals surface area contributed by atoms with E-state index < -0.39 is 17.7 Å². The Bertz CT molecular complexity index is 441. The van der Waals surface area contributed by atoms with Crippen molar-refractivity contribution in [1.29, 1.82) is 0 Å². The van der Waals surface area contributed by atoms with Crippen LogP contribution in [0.2, 0.25) is 0 Å². The van der Waals surface area contributed by atoms with Crippen LogP contribution in [-0.4, -0.2) is 46.7 Å². The second-order valence-corrected chi connectivity index (χ2v) is 7.87. The maximum Gasteiger partial charge on any atom is 0.407 e. The first-order valence-corrected chi connectivity index (χ1v) is 8.76. The number of nitrogens with zero attached hydrogens (tertiary/aromatic N) is 1. The van der Waals surface area contributed by atoms with Gasteiger partial charge in [0.1, 0.15) is 5.60 Å². The minimum absolute atomic E-state index is 0.00427. The lowest BCUT2D eigenvalue weighted by molar-refractivity contribution is -0.136. The summed E-state index contributed by atoms with van der Waals surface area (Å²) in [7, 11) is 0. The van der Waals surface area contributed by atoms with Crippen LogP contribution in [0.4, 0.5) is 4.79 Å². The SMILES string of the molecule is C[C@H](N)C(=O)N(C1CC1)[C@H]1CCCC[C@@H]1NC(=O)OC(C)(C)C. The van der Waals surface area contributed by atoms with E-state index in [1.54, 1.807) is 6.92 Å². The number of hydrogen-bond acceptors (Lipinski definition) is 4. The van der Waals surface area contributed by atoms with E-state index in [4.69, 9.17) is 10.5 Å². The monoisotopic (exact) mass is 325 g/mol. The van der Waals surface area contributed by atoms with E-state index in [2.05, 4.69) is 5.32 Å². The lowest BCUT2D eigenvalue weighted by Crippen LogP contribution is -2.58. The van der Waals surface area contributed by atoms with Crippen LogP contribution in [0.25, 0.3) is 0 Å². The van der Waals surface area contributed by atoms with Crippen LogP contribution < -0.4 is 11.1 Å². The van der Waals surface area contributed by atoms with Gasteiger partial charge in [0.2, 0.25) is 5.91 Å². The Labute approximate surface area is 139 Å². The molecule has 23 heavy (non-hydrogen) atoms. The first-order valence-electron chi connectivity index (χ1n) is 8.76. The molecule has 3 N–H and O–H groups in total. The van der Waals surface area contributed by atoms with Gasteiger partial charge in [0.15, 0.2) is 0 Å². The number of carbonyl (C=O) groups excluding carboxylic acids is 2.